The van der Waals surface area contributed by atoms with Crippen LogP contribution < -0.4 is 0 Å². The Morgan fingerprint density at radius 3 is 2.24 bits per heavy atom. The molecule has 7 atom stereocenters. The molecular weight excluding hydrogens is 356 g/mol. The monoisotopic (exact) mass is 398 g/mol. The molecule has 0 aromatic rings. The van der Waals surface area contributed by atoms with Gasteiger partial charge in [0.15, 0.2) is 0 Å². The molecule has 29 heavy (non-hydrogen) atoms. The molecule has 0 aliphatic heterocycles. The lowest BCUT2D eigenvalue weighted by Crippen LogP contribution is -2.52. The number of fused-ring (bicyclic) bond motifs is 5. The van der Waals surface area contributed by atoms with Crippen molar-refractivity contribution in [3.8, 4) is 25.7 Å². The normalized spacial score (nSPS) is 42.5. The first kappa shape index (κ1) is 23.9. The van der Waals surface area contributed by atoms with Crippen LogP contribution in [0.5, 0.6) is 0 Å². The molecule has 0 aromatic heterocycles. The Morgan fingerprint density at radius 2 is 1.55 bits per heavy atom. The molecule has 0 radical (unpaired) electrons. The minimum atomic E-state index is -0.619. The highest BCUT2D eigenvalue weighted by Gasteiger charge is 2.59. The second-order valence-corrected chi connectivity index (χ2v) is 10.5. The van der Waals surface area contributed by atoms with Crippen LogP contribution in [0.3, 0.4) is 0 Å². The van der Waals surface area contributed by atoms with E-state index < -0.39 is 5.97 Å². The van der Waals surface area contributed by atoms with Crippen LogP contribution in [0.25, 0.3) is 0 Å². The maximum absolute atomic E-state index is 10.9. The fourth-order valence-electron chi connectivity index (χ4n) is 8.38. The van der Waals surface area contributed by atoms with E-state index in [0.717, 1.165) is 42.4 Å². The van der Waals surface area contributed by atoms with Crippen molar-refractivity contribution >= 4 is 5.97 Å². The number of aliphatic carboxylic acids is 1. The van der Waals surface area contributed by atoms with E-state index in [2.05, 4.69) is 39.5 Å². The Hall–Kier alpha value is -1.41. The summed E-state index contributed by atoms with van der Waals surface area (Å²) in [5.74, 6) is 4.08. The maximum atomic E-state index is 10.9. The first-order chi connectivity index (χ1) is 13.9. The van der Waals surface area contributed by atoms with Crippen molar-refractivity contribution in [2.24, 2.45) is 40.4 Å². The van der Waals surface area contributed by atoms with E-state index in [1.807, 2.05) is 0 Å². The van der Waals surface area contributed by atoms with Gasteiger partial charge >= 0.3 is 5.97 Å². The highest BCUT2D eigenvalue weighted by molar-refractivity contribution is 5.66. The number of carbonyl (C=O) groups is 1. The zero-order valence-electron chi connectivity index (χ0n) is 18.7. The average Bonchev–Trinajstić information content (AvgIpc) is 3.07. The maximum Gasteiger partial charge on any atom is 0.303 e. The molecule has 0 amide bonds. The second kappa shape index (κ2) is 10.1. The number of rotatable bonds is 4. The lowest BCUT2D eigenvalue weighted by molar-refractivity contribution is -0.137. The molecule has 0 bridgehead atoms. The summed E-state index contributed by atoms with van der Waals surface area (Å²) in [7, 11) is 0. The molecule has 0 spiro atoms. The predicted molar refractivity (Wildman–Crippen MR) is 121 cm³/mol. The van der Waals surface area contributed by atoms with Crippen LogP contribution in [-0.4, -0.2) is 11.1 Å². The predicted octanol–water partition coefficient (Wildman–Crippen LogP) is 6.79. The van der Waals surface area contributed by atoms with Crippen LogP contribution in [0, 0.1) is 66.1 Å². The van der Waals surface area contributed by atoms with Gasteiger partial charge in [0, 0.05) is 6.42 Å². The quantitative estimate of drug-likeness (QED) is 0.529. The standard InChI is InChI=1S/C23H38O2.2C2H2/c1-22-14-4-3-6-16(22)9-11-18-19-12-10-17(7-5-8-21(24)25)23(19,2)15-13-20(18)22;2*1-2/h16-20H,3-15H2,1-2H3,(H,24,25);2*1-2H/t16-,17?,18-,19?,20?,22-,23+;;/m0../s1. The van der Waals surface area contributed by atoms with E-state index in [-0.39, 0.29) is 0 Å². The van der Waals surface area contributed by atoms with Gasteiger partial charge in [-0.3, -0.25) is 4.79 Å². The smallest absolute Gasteiger partial charge is 0.303 e. The van der Waals surface area contributed by atoms with E-state index >= 15 is 0 Å². The van der Waals surface area contributed by atoms with E-state index in [1.54, 1.807) is 0 Å². The summed E-state index contributed by atoms with van der Waals surface area (Å²) in [5, 5.41) is 8.98. The molecule has 0 heterocycles. The van der Waals surface area contributed by atoms with Crippen LogP contribution in [0.15, 0.2) is 0 Å². The van der Waals surface area contributed by atoms with Crippen LogP contribution in [0.1, 0.15) is 97.3 Å². The van der Waals surface area contributed by atoms with Gasteiger partial charge in [-0.05, 0) is 105 Å². The molecule has 4 rings (SSSR count). The second-order valence-electron chi connectivity index (χ2n) is 10.5. The molecule has 2 heteroatoms. The molecule has 0 aromatic carbocycles. The van der Waals surface area contributed by atoms with Gasteiger partial charge in [0.1, 0.15) is 0 Å². The van der Waals surface area contributed by atoms with Gasteiger partial charge in [-0.25, -0.2) is 0 Å². The lowest BCUT2D eigenvalue weighted by atomic mass is 9.45. The van der Waals surface area contributed by atoms with E-state index in [4.69, 9.17) is 5.11 Å². The number of terminal acetylenes is 2. The van der Waals surface area contributed by atoms with Gasteiger partial charge in [0.05, 0.1) is 0 Å². The molecule has 162 valence electrons. The Bertz CT molecular complexity index is 584. The van der Waals surface area contributed by atoms with Crippen molar-refractivity contribution in [3.05, 3.63) is 0 Å². The SMILES string of the molecule is C#C.C#C.C[C@]12CCC3[C@@H](CC[C@@H]4CCCC[C@]34C)C1CCC2CCCC(=O)O. The molecule has 4 saturated carbocycles. The average molecular weight is 399 g/mol. The summed E-state index contributed by atoms with van der Waals surface area (Å²) >= 11 is 0. The zero-order valence-corrected chi connectivity index (χ0v) is 18.7. The van der Waals surface area contributed by atoms with Crippen LogP contribution in [0.4, 0.5) is 0 Å². The fourth-order valence-corrected chi connectivity index (χ4v) is 8.38. The summed E-state index contributed by atoms with van der Waals surface area (Å²) in [4.78, 5) is 10.9. The fraction of sp³-hybridized carbons (Fsp3) is 0.815. The number of carboxylic acid groups (broad SMARTS) is 1. The van der Waals surface area contributed by atoms with Crippen molar-refractivity contribution in [2.75, 3.05) is 0 Å². The largest absolute Gasteiger partial charge is 0.481 e. The molecule has 2 nitrogen and oxygen atoms in total. The minimum Gasteiger partial charge on any atom is -0.481 e. The summed E-state index contributed by atoms with van der Waals surface area (Å²) < 4.78 is 0. The molecular formula is C27H42O2. The van der Waals surface area contributed by atoms with Gasteiger partial charge in [0.2, 0.25) is 0 Å². The van der Waals surface area contributed by atoms with Crippen molar-refractivity contribution in [3.63, 3.8) is 0 Å². The topological polar surface area (TPSA) is 37.3 Å². The first-order valence-corrected chi connectivity index (χ1v) is 11.8. The van der Waals surface area contributed by atoms with Gasteiger partial charge in [-0.1, -0.05) is 26.7 Å². The molecule has 0 saturated heterocycles. The number of carboxylic acids is 1. The van der Waals surface area contributed by atoms with Gasteiger partial charge in [-0.15, -0.1) is 25.7 Å². The highest BCUT2D eigenvalue weighted by Crippen LogP contribution is 2.67. The summed E-state index contributed by atoms with van der Waals surface area (Å²) in [5.41, 5.74) is 1.15. The van der Waals surface area contributed by atoms with Gasteiger partial charge in [0.25, 0.3) is 0 Å². The Kier molecular flexibility index (Phi) is 8.28. The third-order valence-corrected chi connectivity index (χ3v) is 9.72. The molecule has 4 aliphatic rings. The Morgan fingerprint density at radius 1 is 0.862 bits per heavy atom. The van der Waals surface area contributed by atoms with Gasteiger partial charge in [-0.2, -0.15) is 0 Å². The third-order valence-electron chi connectivity index (χ3n) is 9.72. The van der Waals surface area contributed by atoms with Crippen molar-refractivity contribution < 1.29 is 9.90 Å². The van der Waals surface area contributed by atoms with E-state index in [1.165, 1.54) is 64.2 Å². The lowest BCUT2D eigenvalue weighted by Gasteiger charge is -2.60. The number of hydrogen-bond acceptors (Lipinski definition) is 1. The minimum absolute atomic E-state index is 0.364. The van der Waals surface area contributed by atoms with Crippen LogP contribution >= 0.6 is 0 Å². The third kappa shape index (κ3) is 4.38. The number of hydrogen-bond donors (Lipinski definition) is 1. The highest BCUT2D eigenvalue weighted by atomic mass is 16.4. The Balaban J connectivity index is 0.000000707. The van der Waals surface area contributed by atoms with Crippen molar-refractivity contribution in [1.82, 2.24) is 0 Å². The van der Waals surface area contributed by atoms with Gasteiger partial charge < -0.3 is 5.11 Å². The summed E-state index contributed by atoms with van der Waals surface area (Å²) in [6.45, 7) is 5.25. The summed E-state index contributed by atoms with van der Waals surface area (Å²) in [6, 6.07) is 0. The van der Waals surface area contributed by atoms with Crippen molar-refractivity contribution in [1.29, 1.82) is 0 Å². The molecule has 3 unspecified atom stereocenters. The molecule has 4 aliphatic carbocycles. The van der Waals surface area contributed by atoms with Crippen molar-refractivity contribution in [2.45, 2.75) is 97.3 Å². The summed E-state index contributed by atoms with van der Waals surface area (Å²) in [6.07, 6.45) is 33.0. The van der Waals surface area contributed by atoms with Crippen LogP contribution in [-0.2, 0) is 4.79 Å². The first-order valence-electron chi connectivity index (χ1n) is 11.8. The molecule has 1 N–H and O–H groups in total. The van der Waals surface area contributed by atoms with E-state index in [0.29, 0.717) is 17.3 Å². The van der Waals surface area contributed by atoms with E-state index in [9.17, 15) is 4.79 Å². The zero-order chi connectivity index (χ0) is 21.7. The molecule has 4 fully saturated rings. The Labute approximate surface area is 179 Å². The van der Waals surface area contributed by atoms with Crippen LogP contribution in [0.2, 0.25) is 0 Å².